The predicted molar refractivity (Wildman–Crippen MR) is 139 cm³/mol. The summed E-state index contributed by atoms with van der Waals surface area (Å²) in [5.74, 6) is -0.406. The third-order valence-corrected chi connectivity index (χ3v) is 7.08. The molecular weight excluding hydrogens is 500 g/mol. The van der Waals surface area contributed by atoms with Gasteiger partial charge in [-0.15, -0.1) is 0 Å². The molecule has 0 atom stereocenters. The lowest BCUT2D eigenvalue weighted by molar-refractivity contribution is -0.114. The van der Waals surface area contributed by atoms with Crippen LogP contribution in [0.4, 0.5) is 5.13 Å². The first kappa shape index (κ1) is 24.1. The van der Waals surface area contributed by atoms with Crippen LogP contribution < -0.4 is 10.6 Å². The van der Waals surface area contributed by atoms with Crippen LogP contribution in [0.2, 0.25) is 5.02 Å². The molecule has 0 radical (unpaired) electrons. The maximum Gasteiger partial charge on any atom is 0.251 e. The summed E-state index contributed by atoms with van der Waals surface area (Å²) in [4.78, 5) is 34.0. The molecule has 0 saturated carbocycles. The molecule has 3 heterocycles. The molecule has 184 valence electrons. The van der Waals surface area contributed by atoms with Gasteiger partial charge in [-0.25, -0.2) is 9.67 Å². The number of methoxy groups -OCH3 is 1. The Hall–Kier alpha value is -3.60. The van der Waals surface area contributed by atoms with Gasteiger partial charge in [0.15, 0.2) is 5.13 Å². The number of nitrogens with one attached hydrogen (secondary N) is 2. The van der Waals surface area contributed by atoms with Crippen LogP contribution in [-0.2, 0) is 22.4 Å². The third kappa shape index (κ3) is 4.62. The van der Waals surface area contributed by atoms with Crippen LogP contribution in [-0.4, -0.2) is 51.8 Å². The highest BCUT2D eigenvalue weighted by atomic mass is 35.5. The highest BCUT2D eigenvalue weighted by molar-refractivity contribution is 7.19. The molecule has 0 saturated heterocycles. The topological polar surface area (TPSA) is 111 Å². The highest BCUT2D eigenvalue weighted by Gasteiger charge is 2.30. The number of aryl methyl sites for hydroxylation is 1. The minimum atomic E-state index is -0.233. The van der Waals surface area contributed by atoms with E-state index in [1.165, 1.54) is 18.3 Å². The van der Waals surface area contributed by atoms with Crippen LogP contribution >= 0.6 is 22.9 Å². The number of rotatable bonds is 7. The summed E-state index contributed by atoms with van der Waals surface area (Å²) in [6, 6.07) is 8.99. The molecule has 0 spiro atoms. The van der Waals surface area contributed by atoms with Crippen molar-refractivity contribution in [2.75, 3.05) is 25.6 Å². The molecule has 9 nitrogen and oxygen atoms in total. The van der Waals surface area contributed by atoms with E-state index in [9.17, 15) is 9.59 Å². The van der Waals surface area contributed by atoms with Crippen molar-refractivity contribution < 1.29 is 14.3 Å². The number of benzene rings is 1. The number of aromatic nitrogens is 4. The summed E-state index contributed by atoms with van der Waals surface area (Å²) in [6.45, 7) is 2.29. The summed E-state index contributed by atoms with van der Waals surface area (Å²) in [5.41, 5.74) is 5.64. The Morgan fingerprint density at radius 3 is 2.83 bits per heavy atom. The van der Waals surface area contributed by atoms with E-state index in [4.69, 9.17) is 21.4 Å². The molecule has 0 unspecified atom stereocenters. The Kier molecular flexibility index (Phi) is 6.82. The largest absolute Gasteiger partial charge is 0.383 e. The van der Waals surface area contributed by atoms with E-state index >= 15 is 0 Å². The Morgan fingerprint density at radius 2 is 2.11 bits per heavy atom. The minimum absolute atomic E-state index is 0.173. The van der Waals surface area contributed by atoms with E-state index in [0.29, 0.717) is 34.6 Å². The van der Waals surface area contributed by atoms with Gasteiger partial charge < -0.3 is 15.4 Å². The summed E-state index contributed by atoms with van der Waals surface area (Å²) >= 11 is 8.13. The lowest BCUT2D eigenvalue weighted by Gasteiger charge is -2.15. The van der Waals surface area contributed by atoms with Gasteiger partial charge in [-0.1, -0.05) is 22.9 Å². The number of halogens is 1. The maximum atomic E-state index is 12.5. The summed E-state index contributed by atoms with van der Waals surface area (Å²) < 4.78 is 6.79. The number of anilines is 1. The number of fused-ring (bicyclic) bond motifs is 3. The van der Waals surface area contributed by atoms with Crippen LogP contribution in [0.3, 0.4) is 0 Å². The van der Waals surface area contributed by atoms with Crippen molar-refractivity contribution in [3.63, 3.8) is 0 Å². The van der Waals surface area contributed by atoms with Gasteiger partial charge in [-0.3, -0.25) is 14.6 Å². The van der Waals surface area contributed by atoms with Crippen molar-refractivity contribution in [2.45, 2.75) is 19.8 Å². The predicted octanol–water partition coefficient (Wildman–Crippen LogP) is 4.14. The molecule has 2 amide bonds. The smallest absolute Gasteiger partial charge is 0.251 e. The Labute approximate surface area is 216 Å². The lowest BCUT2D eigenvalue weighted by atomic mass is 9.95. The van der Waals surface area contributed by atoms with E-state index in [1.54, 1.807) is 42.4 Å². The van der Waals surface area contributed by atoms with Crippen LogP contribution in [0.5, 0.6) is 0 Å². The molecule has 3 aromatic heterocycles. The van der Waals surface area contributed by atoms with Crippen molar-refractivity contribution in [3.05, 3.63) is 64.6 Å². The molecule has 1 aliphatic carbocycles. The third-order valence-electron chi connectivity index (χ3n) is 5.76. The lowest BCUT2D eigenvalue weighted by Crippen LogP contribution is -2.26. The average molecular weight is 523 g/mol. The molecule has 0 aliphatic heterocycles. The van der Waals surface area contributed by atoms with E-state index in [1.807, 2.05) is 12.1 Å². The van der Waals surface area contributed by atoms with Crippen LogP contribution in [0.15, 0.2) is 42.7 Å². The summed E-state index contributed by atoms with van der Waals surface area (Å²) in [7, 11) is 1.58. The fourth-order valence-corrected chi connectivity index (χ4v) is 5.55. The first-order chi connectivity index (χ1) is 17.5. The molecule has 1 aromatic carbocycles. The molecule has 36 heavy (non-hydrogen) atoms. The van der Waals surface area contributed by atoms with E-state index in [2.05, 4.69) is 20.6 Å². The number of thiazole rings is 1. The van der Waals surface area contributed by atoms with Crippen LogP contribution in [0.25, 0.3) is 27.5 Å². The zero-order valence-corrected chi connectivity index (χ0v) is 21.2. The fraction of sp³-hybridized carbons (Fsp3) is 0.240. The van der Waals surface area contributed by atoms with E-state index < -0.39 is 0 Å². The van der Waals surface area contributed by atoms with Gasteiger partial charge >= 0.3 is 0 Å². The van der Waals surface area contributed by atoms with Crippen molar-refractivity contribution in [1.29, 1.82) is 0 Å². The number of nitrogens with zero attached hydrogens (tertiary/aromatic N) is 4. The van der Waals surface area contributed by atoms with Crippen LogP contribution in [0.1, 0.15) is 28.5 Å². The molecule has 5 rings (SSSR count). The molecule has 0 bridgehead atoms. The van der Waals surface area contributed by atoms with Gasteiger partial charge in [0.1, 0.15) is 0 Å². The number of hydrogen-bond acceptors (Lipinski definition) is 7. The molecule has 0 fully saturated rings. The van der Waals surface area contributed by atoms with Crippen molar-refractivity contribution >= 4 is 39.9 Å². The molecular formula is C25H23ClN6O3S. The summed E-state index contributed by atoms with van der Waals surface area (Å²) in [5, 5.41) is 11.5. The zero-order valence-electron chi connectivity index (χ0n) is 19.7. The standard InChI is InChI=1S/C25H23ClN6O3S/c1-14(33)29-25-30-19-7-6-17-21(16-4-3-9-27-13-16)31-32(22(17)23(19)36-25)20-8-5-15(12-18(20)26)24(34)28-10-11-35-2/h3-5,8-9,12-13H,6-7,10-11H2,1-2H3,(H,28,34)(H,29,30,33). The molecule has 4 aromatic rings. The van der Waals surface area contributed by atoms with Gasteiger partial charge in [0.2, 0.25) is 5.91 Å². The van der Waals surface area contributed by atoms with Crippen molar-refractivity contribution in [3.8, 4) is 27.5 Å². The number of ether oxygens (including phenoxy) is 1. The second kappa shape index (κ2) is 10.2. The average Bonchev–Trinajstić information content (AvgIpc) is 3.45. The Bertz CT molecular complexity index is 1450. The van der Waals surface area contributed by atoms with Crippen molar-refractivity contribution in [1.82, 2.24) is 25.1 Å². The first-order valence-electron chi connectivity index (χ1n) is 11.3. The number of amides is 2. The molecule has 1 aliphatic rings. The molecule has 2 N–H and O–H groups in total. The summed E-state index contributed by atoms with van der Waals surface area (Å²) in [6.07, 6.45) is 4.97. The molecule has 11 heteroatoms. The second-order valence-corrected chi connectivity index (χ2v) is 9.63. The van der Waals surface area contributed by atoms with Gasteiger partial charge in [0.25, 0.3) is 5.91 Å². The Morgan fingerprint density at radius 1 is 1.25 bits per heavy atom. The van der Waals surface area contributed by atoms with Gasteiger partial charge in [-0.05, 0) is 43.2 Å². The van der Waals surface area contributed by atoms with E-state index in [0.717, 1.165) is 45.9 Å². The second-order valence-electron chi connectivity index (χ2n) is 8.22. The number of pyridine rings is 1. The maximum absolute atomic E-state index is 12.5. The first-order valence-corrected chi connectivity index (χ1v) is 12.5. The number of carbonyl (C=O) groups is 2. The van der Waals surface area contributed by atoms with Crippen molar-refractivity contribution in [2.24, 2.45) is 0 Å². The number of carbonyl (C=O) groups excluding carboxylic acids is 2. The fourth-order valence-electron chi connectivity index (χ4n) is 4.17. The van der Waals surface area contributed by atoms with Crippen LogP contribution in [0, 0.1) is 0 Å². The van der Waals surface area contributed by atoms with Gasteiger partial charge in [-0.2, -0.15) is 5.10 Å². The Balaban J connectivity index is 1.62. The van der Waals surface area contributed by atoms with Gasteiger partial charge in [0.05, 0.1) is 39.3 Å². The quantitative estimate of drug-likeness (QED) is 0.353. The zero-order chi connectivity index (χ0) is 25.2. The minimum Gasteiger partial charge on any atom is -0.383 e. The van der Waals surface area contributed by atoms with Gasteiger partial charge in [0, 0.05) is 49.7 Å². The number of hydrogen-bond donors (Lipinski definition) is 2. The SMILES string of the molecule is COCCNC(=O)c1ccc(-n2nc(-c3cccnc3)c3c2-c2sc(NC(C)=O)nc2CC3)c(Cl)c1. The van der Waals surface area contributed by atoms with E-state index in [-0.39, 0.29) is 11.8 Å². The highest BCUT2D eigenvalue weighted by Crippen LogP contribution is 2.44. The monoisotopic (exact) mass is 522 g/mol. The normalized spacial score (nSPS) is 12.1.